The van der Waals surface area contributed by atoms with Crippen LogP contribution in [-0.4, -0.2) is 36.9 Å². The number of carbonyl (C=O) groups excluding carboxylic acids is 1. The summed E-state index contributed by atoms with van der Waals surface area (Å²) in [7, 11) is -4.32. The fourth-order valence-corrected chi connectivity index (χ4v) is 6.71. The van der Waals surface area contributed by atoms with Gasteiger partial charge in [-0.25, -0.2) is 0 Å². The van der Waals surface area contributed by atoms with Crippen LogP contribution in [0.1, 0.15) is 43.9 Å². The van der Waals surface area contributed by atoms with E-state index in [1.54, 1.807) is 20.8 Å². The summed E-state index contributed by atoms with van der Waals surface area (Å²) in [6.07, 6.45) is 0.188. The van der Waals surface area contributed by atoms with Crippen LogP contribution in [-0.2, 0) is 29.6 Å². The van der Waals surface area contributed by atoms with Crippen molar-refractivity contribution in [2.24, 2.45) is 0 Å². The van der Waals surface area contributed by atoms with E-state index in [1.807, 2.05) is 78.9 Å². The van der Waals surface area contributed by atoms with Gasteiger partial charge >= 0.3 is 16.3 Å². The lowest BCUT2D eigenvalue weighted by Gasteiger charge is -2.46. The third kappa shape index (κ3) is 3.47. The molecule has 0 bridgehead atoms. The van der Waals surface area contributed by atoms with E-state index in [9.17, 15) is 13.2 Å². The van der Waals surface area contributed by atoms with Gasteiger partial charge in [0.25, 0.3) is 0 Å². The SMILES string of the molecule is CC(C)(C)OC(=O)[C@@H]1CCOS(=O)(=O)N1C1(c2ccccc2)c2ccccc2-c2ccccc21. The van der Waals surface area contributed by atoms with Crippen LogP contribution in [0.5, 0.6) is 0 Å². The number of ether oxygens (including phenoxy) is 1. The third-order valence-electron chi connectivity index (χ3n) is 6.27. The van der Waals surface area contributed by atoms with Crippen LogP contribution >= 0.6 is 0 Å². The summed E-state index contributed by atoms with van der Waals surface area (Å²) in [6.45, 7) is 5.24. The van der Waals surface area contributed by atoms with E-state index in [-0.39, 0.29) is 13.0 Å². The Kier molecular flexibility index (Phi) is 5.39. The molecule has 5 rings (SSSR count). The number of esters is 1. The molecule has 1 heterocycles. The van der Waals surface area contributed by atoms with Crippen molar-refractivity contribution < 1.29 is 22.1 Å². The van der Waals surface area contributed by atoms with Crippen molar-refractivity contribution >= 4 is 16.3 Å². The summed E-state index contributed by atoms with van der Waals surface area (Å²) in [6, 6.07) is 23.9. The Hall–Kier alpha value is -3.00. The van der Waals surface area contributed by atoms with Crippen molar-refractivity contribution in [2.45, 2.75) is 44.4 Å². The van der Waals surface area contributed by atoms with E-state index in [2.05, 4.69) is 0 Å². The lowest BCUT2D eigenvalue weighted by atomic mass is 9.79. The summed E-state index contributed by atoms with van der Waals surface area (Å²) in [5.41, 5.74) is 2.08. The first-order valence-electron chi connectivity index (χ1n) is 11.3. The second kappa shape index (κ2) is 8.05. The smallest absolute Gasteiger partial charge is 0.340 e. The summed E-state index contributed by atoms with van der Waals surface area (Å²) in [5, 5.41) is 0. The highest BCUT2D eigenvalue weighted by Gasteiger charge is 2.59. The topological polar surface area (TPSA) is 72.9 Å². The summed E-state index contributed by atoms with van der Waals surface area (Å²) in [4.78, 5) is 13.5. The molecule has 176 valence electrons. The van der Waals surface area contributed by atoms with E-state index in [4.69, 9.17) is 8.92 Å². The molecular weight excluding hydrogens is 450 g/mol. The molecule has 3 aromatic carbocycles. The lowest BCUT2D eigenvalue weighted by Crippen LogP contribution is -2.60. The fraction of sp³-hybridized carbons (Fsp3) is 0.296. The molecule has 34 heavy (non-hydrogen) atoms. The molecular formula is C27H27NO5S. The van der Waals surface area contributed by atoms with E-state index < -0.39 is 33.5 Å². The zero-order valence-electron chi connectivity index (χ0n) is 19.4. The summed E-state index contributed by atoms with van der Waals surface area (Å²) >= 11 is 0. The van der Waals surface area contributed by atoms with Crippen LogP contribution in [0.3, 0.4) is 0 Å². The van der Waals surface area contributed by atoms with Gasteiger partial charge in [0.15, 0.2) is 0 Å². The van der Waals surface area contributed by atoms with Crippen LogP contribution in [0.2, 0.25) is 0 Å². The maximum atomic E-state index is 13.7. The first kappa shape index (κ1) is 22.8. The highest BCUT2D eigenvalue weighted by atomic mass is 32.2. The van der Waals surface area contributed by atoms with Crippen molar-refractivity contribution in [1.29, 1.82) is 0 Å². The van der Waals surface area contributed by atoms with E-state index in [0.717, 1.165) is 27.8 Å². The minimum absolute atomic E-state index is 0.0864. The Labute approximate surface area is 200 Å². The minimum atomic E-state index is -4.32. The predicted molar refractivity (Wildman–Crippen MR) is 129 cm³/mol. The zero-order chi connectivity index (χ0) is 24.1. The van der Waals surface area contributed by atoms with Crippen molar-refractivity contribution in [3.8, 4) is 11.1 Å². The molecule has 1 aliphatic heterocycles. The maximum absolute atomic E-state index is 13.7. The number of hydrogen-bond acceptors (Lipinski definition) is 5. The van der Waals surface area contributed by atoms with Gasteiger partial charge in [0.1, 0.15) is 17.2 Å². The standard InChI is InChI=1S/C27H27NO5S/c1-26(2,3)33-25(29)24-17-18-32-34(30,31)28(24)27(19-11-5-4-6-12-19)22-15-9-7-13-20(22)21-14-8-10-16-23(21)27/h4-16,24H,17-18H2,1-3H3/t24-/m0/s1. The van der Waals surface area contributed by atoms with Crippen LogP contribution in [0.25, 0.3) is 11.1 Å². The molecule has 0 saturated carbocycles. The van der Waals surface area contributed by atoms with E-state index >= 15 is 0 Å². The molecule has 6 nitrogen and oxygen atoms in total. The van der Waals surface area contributed by atoms with Crippen LogP contribution < -0.4 is 0 Å². The monoisotopic (exact) mass is 477 g/mol. The Balaban J connectivity index is 1.86. The molecule has 0 unspecified atom stereocenters. The number of nitrogens with zero attached hydrogens (tertiary/aromatic N) is 1. The molecule has 1 fully saturated rings. The highest BCUT2D eigenvalue weighted by molar-refractivity contribution is 7.84. The predicted octanol–water partition coefficient (Wildman–Crippen LogP) is 4.64. The largest absolute Gasteiger partial charge is 0.459 e. The lowest BCUT2D eigenvalue weighted by molar-refractivity contribution is -0.162. The van der Waals surface area contributed by atoms with Crippen molar-refractivity contribution in [3.63, 3.8) is 0 Å². The molecule has 1 atom stereocenters. The molecule has 2 aliphatic rings. The molecule has 1 aliphatic carbocycles. The molecule has 3 aromatic rings. The van der Waals surface area contributed by atoms with E-state index in [1.165, 1.54) is 4.31 Å². The van der Waals surface area contributed by atoms with Gasteiger partial charge in [0, 0.05) is 0 Å². The van der Waals surface area contributed by atoms with Gasteiger partial charge in [-0.1, -0.05) is 78.9 Å². The van der Waals surface area contributed by atoms with Gasteiger partial charge < -0.3 is 4.74 Å². The number of fused-ring (bicyclic) bond motifs is 3. The Morgan fingerprint density at radius 3 is 2.00 bits per heavy atom. The maximum Gasteiger partial charge on any atom is 0.340 e. The van der Waals surface area contributed by atoms with Crippen molar-refractivity contribution in [1.82, 2.24) is 4.31 Å². The van der Waals surface area contributed by atoms with Gasteiger partial charge in [0.05, 0.1) is 6.61 Å². The molecule has 7 heteroatoms. The second-order valence-electron chi connectivity index (χ2n) is 9.58. The minimum Gasteiger partial charge on any atom is -0.459 e. The number of rotatable bonds is 3. The number of hydrogen-bond donors (Lipinski definition) is 0. The molecule has 0 amide bonds. The number of carbonyl (C=O) groups is 1. The summed E-state index contributed by atoms with van der Waals surface area (Å²) in [5.74, 6) is -0.587. The first-order chi connectivity index (χ1) is 16.2. The van der Waals surface area contributed by atoms with Crippen LogP contribution in [0.15, 0.2) is 78.9 Å². The summed E-state index contributed by atoms with van der Waals surface area (Å²) < 4.78 is 39.8. The first-order valence-corrected chi connectivity index (χ1v) is 12.7. The third-order valence-corrected chi connectivity index (χ3v) is 7.75. The van der Waals surface area contributed by atoms with Gasteiger partial charge in [-0.2, -0.15) is 8.42 Å². The van der Waals surface area contributed by atoms with Crippen molar-refractivity contribution in [2.75, 3.05) is 6.61 Å². The van der Waals surface area contributed by atoms with Crippen molar-refractivity contribution in [3.05, 3.63) is 95.6 Å². The Morgan fingerprint density at radius 1 is 0.912 bits per heavy atom. The van der Waals surface area contributed by atoms with Gasteiger partial charge in [-0.05, 0) is 55.0 Å². The molecule has 1 saturated heterocycles. The molecule has 0 N–H and O–H groups in total. The van der Waals surface area contributed by atoms with Crippen LogP contribution in [0, 0.1) is 0 Å². The molecule has 0 spiro atoms. The zero-order valence-corrected chi connectivity index (χ0v) is 20.2. The fourth-order valence-electron chi connectivity index (χ4n) is 5.15. The van der Waals surface area contributed by atoms with Gasteiger partial charge in [0.2, 0.25) is 0 Å². The second-order valence-corrected chi connectivity index (χ2v) is 11.1. The molecule has 0 radical (unpaired) electrons. The average Bonchev–Trinajstić information content (AvgIpc) is 3.09. The Bertz CT molecular complexity index is 1300. The number of benzene rings is 3. The van der Waals surface area contributed by atoms with E-state index in [0.29, 0.717) is 0 Å². The molecule has 0 aromatic heterocycles. The average molecular weight is 478 g/mol. The quantitative estimate of drug-likeness (QED) is 0.514. The van der Waals surface area contributed by atoms with Crippen LogP contribution in [0.4, 0.5) is 0 Å². The Morgan fingerprint density at radius 2 is 1.44 bits per heavy atom. The normalized spacial score (nSPS) is 20.9. The van der Waals surface area contributed by atoms with Gasteiger partial charge in [-0.15, -0.1) is 4.31 Å². The highest BCUT2D eigenvalue weighted by Crippen LogP contribution is 2.56. The van der Waals surface area contributed by atoms with Gasteiger partial charge in [-0.3, -0.25) is 8.98 Å².